The molecule has 0 fully saturated rings. The lowest BCUT2D eigenvalue weighted by atomic mass is 10.1. The van der Waals surface area contributed by atoms with E-state index in [2.05, 4.69) is 10.3 Å². The molecule has 3 rings (SSSR count). The average molecular weight is 296 g/mol. The summed E-state index contributed by atoms with van der Waals surface area (Å²) in [6, 6.07) is 13.1. The first-order valence-corrected chi connectivity index (χ1v) is 6.97. The quantitative estimate of drug-likeness (QED) is 0.786. The molecular formula is C17H16N2O3. The minimum Gasteiger partial charge on any atom is -0.451 e. The Morgan fingerprint density at radius 3 is 2.82 bits per heavy atom. The molecule has 0 atom stereocenters. The molecule has 0 saturated carbocycles. The monoisotopic (exact) mass is 296 g/mol. The van der Waals surface area contributed by atoms with E-state index in [-0.39, 0.29) is 5.91 Å². The van der Waals surface area contributed by atoms with E-state index in [9.17, 15) is 4.79 Å². The Labute approximate surface area is 127 Å². The van der Waals surface area contributed by atoms with Gasteiger partial charge in [0.25, 0.3) is 5.91 Å². The number of nitrogens with one attached hydrogen (secondary N) is 1. The first kappa shape index (κ1) is 14.3. The maximum atomic E-state index is 12.4. The van der Waals surface area contributed by atoms with Gasteiger partial charge in [-0.3, -0.25) is 9.78 Å². The normalized spacial score (nSPS) is 10.8. The predicted octanol–water partition coefficient (Wildman–Crippen LogP) is 2.90. The second kappa shape index (κ2) is 6.41. The number of methoxy groups -OCH3 is 1. The molecule has 2 aromatic heterocycles. The van der Waals surface area contributed by atoms with Crippen LogP contribution < -0.4 is 5.32 Å². The highest BCUT2D eigenvalue weighted by molar-refractivity contribution is 5.98. The van der Waals surface area contributed by atoms with Crippen LogP contribution in [-0.4, -0.2) is 18.0 Å². The summed E-state index contributed by atoms with van der Waals surface area (Å²) < 4.78 is 10.9. The third-order valence-electron chi connectivity index (χ3n) is 3.35. The number of hydrogen-bond acceptors (Lipinski definition) is 4. The van der Waals surface area contributed by atoms with Crippen LogP contribution in [0.5, 0.6) is 0 Å². The molecule has 1 amide bonds. The van der Waals surface area contributed by atoms with Gasteiger partial charge in [0.15, 0.2) is 5.76 Å². The highest BCUT2D eigenvalue weighted by Crippen LogP contribution is 2.26. The van der Waals surface area contributed by atoms with Crippen molar-refractivity contribution in [1.29, 1.82) is 0 Å². The molecule has 22 heavy (non-hydrogen) atoms. The number of para-hydroxylation sites is 1. The minimum atomic E-state index is -0.270. The lowest BCUT2D eigenvalue weighted by molar-refractivity contribution is 0.0918. The van der Waals surface area contributed by atoms with Gasteiger partial charge >= 0.3 is 0 Å². The van der Waals surface area contributed by atoms with Crippen LogP contribution in [0, 0.1) is 0 Å². The Balaban J connectivity index is 1.85. The largest absolute Gasteiger partial charge is 0.451 e. The van der Waals surface area contributed by atoms with Crippen LogP contribution in [0.4, 0.5) is 0 Å². The number of fused-ring (bicyclic) bond motifs is 1. The van der Waals surface area contributed by atoms with E-state index < -0.39 is 0 Å². The molecule has 0 bridgehead atoms. The van der Waals surface area contributed by atoms with Crippen LogP contribution in [0.25, 0.3) is 11.0 Å². The highest BCUT2D eigenvalue weighted by Gasteiger charge is 2.20. The first-order valence-electron chi connectivity index (χ1n) is 6.97. The van der Waals surface area contributed by atoms with Crippen LogP contribution >= 0.6 is 0 Å². The van der Waals surface area contributed by atoms with Crippen molar-refractivity contribution in [2.75, 3.05) is 7.11 Å². The summed E-state index contributed by atoms with van der Waals surface area (Å²) in [7, 11) is 1.59. The van der Waals surface area contributed by atoms with Gasteiger partial charge in [-0.2, -0.15) is 0 Å². The van der Waals surface area contributed by atoms with Gasteiger partial charge in [0.2, 0.25) is 0 Å². The van der Waals surface area contributed by atoms with Crippen molar-refractivity contribution in [3.05, 3.63) is 65.7 Å². The van der Waals surface area contributed by atoms with Gasteiger partial charge in [0.05, 0.1) is 18.8 Å². The summed E-state index contributed by atoms with van der Waals surface area (Å²) in [5.74, 6) is 0.0212. The van der Waals surface area contributed by atoms with Gasteiger partial charge in [-0.15, -0.1) is 0 Å². The van der Waals surface area contributed by atoms with Crippen molar-refractivity contribution in [3.8, 4) is 0 Å². The van der Waals surface area contributed by atoms with Crippen LogP contribution in [0.15, 0.2) is 53.1 Å². The van der Waals surface area contributed by atoms with Crippen LogP contribution in [0.2, 0.25) is 0 Å². The first-order chi connectivity index (χ1) is 10.8. The molecule has 0 unspecified atom stereocenters. The number of aromatic nitrogens is 1. The van der Waals surface area contributed by atoms with Gasteiger partial charge < -0.3 is 14.5 Å². The zero-order valence-electron chi connectivity index (χ0n) is 12.2. The molecule has 5 heteroatoms. The number of benzene rings is 1. The number of amides is 1. The van der Waals surface area contributed by atoms with Crippen molar-refractivity contribution in [2.45, 2.75) is 13.2 Å². The lowest BCUT2D eigenvalue weighted by Crippen LogP contribution is -2.23. The van der Waals surface area contributed by atoms with Gasteiger partial charge in [0.1, 0.15) is 5.58 Å². The Kier molecular flexibility index (Phi) is 4.16. The summed E-state index contributed by atoms with van der Waals surface area (Å²) in [6.45, 7) is 0.673. The topological polar surface area (TPSA) is 64.4 Å². The summed E-state index contributed by atoms with van der Waals surface area (Å²) >= 11 is 0. The Morgan fingerprint density at radius 1 is 1.23 bits per heavy atom. The van der Waals surface area contributed by atoms with Crippen molar-refractivity contribution < 1.29 is 13.9 Å². The van der Waals surface area contributed by atoms with Crippen molar-refractivity contribution in [1.82, 2.24) is 10.3 Å². The molecular weight excluding hydrogens is 280 g/mol. The fourth-order valence-corrected chi connectivity index (χ4v) is 2.32. The third kappa shape index (κ3) is 2.84. The fraction of sp³-hybridized carbons (Fsp3) is 0.176. The molecule has 112 valence electrons. The number of ether oxygens (including phenoxy) is 1. The second-order valence-electron chi connectivity index (χ2n) is 4.84. The molecule has 1 aromatic carbocycles. The van der Waals surface area contributed by atoms with E-state index in [0.29, 0.717) is 24.5 Å². The summed E-state index contributed by atoms with van der Waals surface area (Å²) in [6.07, 6.45) is 1.69. The Bertz CT molecular complexity index is 781. The average Bonchev–Trinajstić information content (AvgIpc) is 2.93. The number of carbonyl (C=O) groups excluding carboxylic acids is 1. The minimum absolute atomic E-state index is 0.270. The zero-order chi connectivity index (χ0) is 15.4. The van der Waals surface area contributed by atoms with E-state index in [1.54, 1.807) is 13.3 Å². The molecule has 0 spiro atoms. The van der Waals surface area contributed by atoms with Crippen LogP contribution in [-0.2, 0) is 17.9 Å². The fourth-order valence-electron chi connectivity index (χ4n) is 2.32. The van der Waals surface area contributed by atoms with Crippen molar-refractivity contribution >= 4 is 16.9 Å². The molecule has 0 aliphatic heterocycles. The van der Waals surface area contributed by atoms with Crippen LogP contribution in [0.3, 0.4) is 0 Å². The number of carbonyl (C=O) groups is 1. The number of furan rings is 1. The maximum Gasteiger partial charge on any atom is 0.287 e. The summed E-state index contributed by atoms with van der Waals surface area (Å²) in [4.78, 5) is 16.6. The van der Waals surface area contributed by atoms with E-state index in [4.69, 9.17) is 9.15 Å². The van der Waals surface area contributed by atoms with Crippen molar-refractivity contribution in [3.63, 3.8) is 0 Å². The lowest BCUT2D eigenvalue weighted by Gasteiger charge is -2.04. The van der Waals surface area contributed by atoms with Gasteiger partial charge in [-0.1, -0.05) is 24.3 Å². The van der Waals surface area contributed by atoms with Gasteiger partial charge in [-0.05, 0) is 18.2 Å². The number of nitrogens with zero attached hydrogens (tertiary/aromatic N) is 1. The van der Waals surface area contributed by atoms with Gasteiger partial charge in [-0.25, -0.2) is 0 Å². The standard InChI is InChI=1S/C17H16N2O3/c1-21-11-14-13-7-2-3-8-15(13)22-16(14)17(20)19-10-12-6-4-5-9-18-12/h2-9H,10-11H2,1H3,(H,19,20). The molecule has 2 heterocycles. The Morgan fingerprint density at radius 2 is 2.05 bits per heavy atom. The zero-order valence-corrected chi connectivity index (χ0v) is 12.2. The SMILES string of the molecule is COCc1c(C(=O)NCc2ccccn2)oc2ccccc12. The molecule has 5 nitrogen and oxygen atoms in total. The van der Waals surface area contributed by atoms with E-state index >= 15 is 0 Å². The highest BCUT2D eigenvalue weighted by atomic mass is 16.5. The predicted molar refractivity (Wildman–Crippen MR) is 82.3 cm³/mol. The number of pyridine rings is 1. The smallest absolute Gasteiger partial charge is 0.287 e. The molecule has 0 saturated heterocycles. The molecule has 0 radical (unpaired) electrons. The number of hydrogen-bond donors (Lipinski definition) is 1. The molecule has 0 aliphatic rings. The molecule has 1 N–H and O–H groups in total. The van der Waals surface area contributed by atoms with E-state index in [1.807, 2.05) is 42.5 Å². The van der Waals surface area contributed by atoms with E-state index in [1.165, 1.54) is 0 Å². The summed E-state index contributed by atoms with van der Waals surface area (Å²) in [5, 5.41) is 3.72. The van der Waals surface area contributed by atoms with Crippen LogP contribution in [0.1, 0.15) is 21.8 Å². The third-order valence-corrected chi connectivity index (χ3v) is 3.35. The summed E-state index contributed by atoms with van der Waals surface area (Å²) in [5.41, 5.74) is 2.23. The van der Waals surface area contributed by atoms with Crippen molar-refractivity contribution in [2.24, 2.45) is 0 Å². The maximum absolute atomic E-state index is 12.4. The second-order valence-corrected chi connectivity index (χ2v) is 4.84. The van der Waals surface area contributed by atoms with E-state index in [0.717, 1.165) is 16.6 Å². The Hall–Kier alpha value is -2.66. The molecule has 3 aromatic rings. The van der Waals surface area contributed by atoms with Gasteiger partial charge in [0, 0.05) is 24.3 Å². The number of rotatable bonds is 5. The molecule has 0 aliphatic carbocycles.